The Kier molecular flexibility index (Phi) is 12.2. The van der Waals surface area contributed by atoms with Crippen LogP contribution in [0.15, 0.2) is 60.7 Å². The van der Waals surface area contributed by atoms with Crippen LogP contribution in [0.2, 0.25) is 0 Å². The molecule has 1 N–H and O–H groups in total. The van der Waals surface area contributed by atoms with Gasteiger partial charge in [-0.2, -0.15) is 0 Å². The van der Waals surface area contributed by atoms with Crippen LogP contribution in [0.4, 0.5) is 0 Å². The molecule has 0 spiro atoms. The Hall–Kier alpha value is -2.66. The Labute approximate surface area is 193 Å². The fraction of sp³-hybridized carbons (Fsp3) is 0.481. The SMILES string of the molecule is CN(C)C[C@@H](CC(=O)OCc1ccccc1)NC(=O)CCCCCCCc1ccccc1. The summed E-state index contributed by atoms with van der Waals surface area (Å²) in [6.45, 7) is 0.859. The molecule has 5 heteroatoms. The van der Waals surface area contributed by atoms with E-state index in [1.807, 2.05) is 55.4 Å². The summed E-state index contributed by atoms with van der Waals surface area (Å²) < 4.78 is 5.38. The van der Waals surface area contributed by atoms with Crippen molar-refractivity contribution >= 4 is 11.9 Å². The monoisotopic (exact) mass is 438 g/mol. The van der Waals surface area contributed by atoms with Crippen LogP contribution in [0.25, 0.3) is 0 Å². The molecule has 2 aromatic rings. The second kappa shape index (κ2) is 15.2. The molecule has 0 unspecified atom stereocenters. The van der Waals surface area contributed by atoms with Crippen molar-refractivity contribution in [1.82, 2.24) is 10.2 Å². The lowest BCUT2D eigenvalue weighted by molar-refractivity contribution is -0.145. The molecule has 0 radical (unpaired) electrons. The molecule has 0 aliphatic rings. The number of hydrogen-bond acceptors (Lipinski definition) is 4. The first-order valence-electron chi connectivity index (χ1n) is 11.7. The van der Waals surface area contributed by atoms with Crippen LogP contribution >= 0.6 is 0 Å². The number of esters is 1. The Bertz CT molecular complexity index is 778. The summed E-state index contributed by atoms with van der Waals surface area (Å²) in [5.41, 5.74) is 2.35. The Morgan fingerprint density at radius 3 is 2.09 bits per heavy atom. The molecule has 2 rings (SSSR count). The number of benzene rings is 2. The van der Waals surface area contributed by atoms with E-state index in [-0.39, 0.29) is 30.9 Å². The summed E-state index contributed by atoms with van der Waals surface area (Å²) in [6, 6.07) is 19.9. The second-order valence-corrected chi connectivity index (χ2v) is 8.63. The van der Waals surface area contributed by atoms with Crippen LogP contribution in [0.3, 0.4) is 0 Å². The normalized spacial score (nSPS) is 11.8. The third-order valence-electron chi connectivity index (χ3n) is 5.32. The molecule has 0 aliphatic heterocycles. The van der Waals surface area contributed by atoms with Gasteiger partial charge in [0.1, 0.15) is 6.61 Å². The first-order chi connectivity index (χ1) is 15.5. The average Bonchev–Trinajstić information content (AvgIpc) is 2.78. The van der Waals surface area contributed by atoms with E-state index in [0.717, 1.165) is 31.2 Å². The molecule has 5 nitrogen and oxygen atoms in total. The number of carbonyl (C=O) groups excluding carboxylic acids is 2. The summed E-state index contributed by atoms with van der Waals surface area (Å²) in [7, 11) is 3.87. The molecule has 0 heterocycles. The summed E-state index contributed by atoms with van der Waals surface area (Å²) in [4.78, 5) is 26.6. The lowest BCUT2D eigenvalue weighted by Gasteiger charge is -2.22. The van der Waals surface area contributed by atoms with E-state index in [4.69, 9.17) is 4.74 Å². The van der Waals surface area contributed by atoms with Crippen LogP contribution < -0.4 is 5.32 Å². The van der Waals surface area contributed by atoms with Crippen molar-refractivity contribution in [2.24, 2.45) is 0 Å². The highest BCUT2D eigenvalue weighted by atomic mass is 16.5. The van der Waals surface area contributed by atoms with Crippen molar-refractivity contribution in [3.05, 3.63) is 71.8 Å². The first kappa shape index (κ1) is 25.6. The predicted octanol–water partition coefficient (Wildman–Crippen LogP) is 4.75. The number of amides is 1. The average molecular weight is 439 g/mol. The van der Waals surface area contributed by atoms with Crippen molar-refractivity contribution in [2.45, 2.75) is 64.0 Å². The van der Waals surface area contributed by atoms with Gasteiger partial charge in [0.25, 0.3) is 0 Å². The van der Waals surface area contributed by atoms with Crippen LogP contribution in [0.5, 0.6) is 0 Å². The van der Waals surface area contributed by atoms with Crippen molar-refractivity contribution in [3.8, 4) is 0 Å². The van der Waals surface area contributed by atoms with Crippen molar-refractivity contribution in [1.29, 1.82) is 0 Å². The highest BCUT2D eigenvalue weighted by molar-refractivity contribution is 5.77. The molecular weight excluding hydrogens is 400 g/mol. The third-order valence-corrected chi connectivity index (χ3v) is 5.32. The topological polar surface area (TPSA) is 58.6 Å². The van der Waals surface area contributed by atoms with E-state index >= 15 is 0 Å². The molecule has 0 aliphatic carbocycles. The third kappa shape index (κ3) is 11.7. The molecule has 0 fully saturated rings. The minimum Gasteiger partial charge on any atom is -0.461 e. The van der Waals surface area contributed by atoms with E-state index in [1.54, 1.807) is 0 Å². The lowest BCUT2D eigenvalue weighted by atomic mass is 10.0. The Morgan fingerprint density at radius 2 is 1.44 bits per heavy atom. The number of aryl methyl sites for hydroxylation is 1. The number of nitrogens with zero attached hydrogens (tertiary/aromatic N) is 1. The van der Waals surface area contributed by atoms with Gasteiger partial charge >= 0.3 is 5.97 Å². The maximum Gasteiger partial charge on any atom is 0.308 e. The van der Waals surface area contributed by atoms with Gasteiger partial charge in [0, 0.05) is 13.0 Å². The van der Waals surface area contributed by atoms with Crippen LogP contribution in [0, 0.1) is 0 Å². The van der Waals surface area contributed by atoms with Gasteiger partial charge in [0.05, 0.1) is 12.5 Å². The van der Waals surface area contributed by atoms with Gasteiger partial charge in [-0.15, -0.1) is 0 Å². The molecule has 32 heavy (non-hydrogen) atoms. The molecular formula is C27H38N2O3. The summed E-state index contributed by atoms with van der Waals surface area (Å²) in [5, 5.41) is 3.02. The summed E-state index contributed by atoms with van der Waals surface area (Å²) in [6.07, 6.45) is 7.25. The fourth-order valence-corrected chi connectivity index (χ4v) is 3.69. The highest BCUT2D eigenvalue weighted by Crippen LogP contribution is 2.10. The number of ether oxygens (including phenoxy) is 1. The molecule has 0 saturated carbocycles. The van der Waals surface area contributed by atoms with Crippen LogP contribution in [0.1, 0.15) is 56.1 Å². The second-order valence-electron chi connectivity index (χ2n) is 8.63. The standard InChI is InChI=1S/C27H38N2O3/c1-29(2)21-25(20-27(31)32-22-24-17-11-7-12-18-24)28-26(30)19-13-5-3-4-8-14-23-15-9-6-10-16-23/h6-7,9-12,15-18,25H,3-5,8,13-14,19-22H2,1-2H3,(H,28,30)/t25-/m1/s1. The predicted molar refractivity (Wildman–Crippen MR) is 129 cm³/mol. The number of hydrogen-bond donors (Lipinski definition) is 1. The zero-order valence-electron chi connectivity index (χ0n) is 19.6. The first-order valence-corrected chi connectivity index (χ1v) is 11.7. The van der Waals surface area contributed by atoms with E-state index in [9.17, 15) is 9.59 Å². The van der Waals surface area contributed by atoms with E-state index in [0.29, 0.717) is 13.0 Å². The number of rotatable bonds is 15. The minimum absolute atomic E-state index is 0.0111. The molecule has 0 aromatic heterocycles. The zero-order chi connectivity index (χ0) is 23.0. The molecule has 174 valence electrons. The number of unbranched alkanes of at least 4 members (excludes halogenated alkanes) is 4. The van der Waals surface area contributed by atoms with Gasteiger partial charge in [-0.25, -0.2) is 0 Å². The van der Waals surface area contributed by atoms with Gasteiger partial charge in [0.15, 0.2) is 0 Å². The Balaban J connectivity index is 1.60. The van der Waals surface area contributed by atoms with Crippen molar-refractivity contribution in [3.63, 3.8) is 0 Å². The zero-order valence-corrected chi connectivity index (χ0v) is 19.6. The quantitative estimate of drug-likeness (QED) is 0.322. The van der Waals surface area contributed by atoms with Gasteiger partial charge in [-0.3, -0.25) is 9.59 Å². The molecule has 1 atom stereocenters. The van der Waals surface area contributed by atoms with Gasteiger partial charge in [0.2, 0.25) is 5.91 Å². The van der Waals surface area contributed by atoms with Gasteiger partial charge in [-0.05, 0) is 44.5 Å². The van der Waals surface area contributed by atoms with Crippen LogP contribution in [-0.2, 0) is 27.4 Å². The van der Waals surface area contributed by atoms with E-state index in [1.165, 1.54) is 18.4 Å². The maximum atomic E-state index is 12.4. The van der Waals surface area contributed by atoms with Crippen molar-refractivity contribution in [2.75, 3.05) is 20.6 Å². The molecule has 0 bridgehead atoms. The lowest BCUT2D eigenvalue weighted by Crippen LogP contribution is -2.43. The molecule has 0 saturated heterocycles. The smallest absolute Gasteiger partial charge is 0.308 e. The van der Waals surface area contributed by atoms with E-state index < -0.39 is 0 Å². The minimum atomic E-state index is -0.292. The van der Waals surface area contributed by atoms with Crippen LogP contribution in [-0.4, -0.2) is 43.5 Å². The van der Waals surface area contributed by atoms with Gasteiger partial charge < -0.3 is 15.0 Å². The molecule has 1 amide bonds. The maximum absolute atomic E-state index is 12.4. The Morgan fingerprint density at radius 1 is 0.844 bits per heavy atom. The number of nitrogens with one attached hydrogen (secondary N) is 1. The number of carbonyl (C=O) groups is 2. The number of likely N-dealkylation sites (N-methyl/N-ethyl adjacent to an activating group) is 1. The van der Waals surface area contributed by atoms with Gasteiger partial charge in [-0.1, -0.05) is 79.9 Å². The fourth-order valence-electron chi connectivity index (χ4n) is 3.69. The summed E-state index contributed by atoms with van der Waals surface area (Å²) in [5.74, 6) is -0.281. The molecule has 2 aromatic carbocycles. The van der Waals surface area contributed by atoms with E-state index in [2.05, 4.69) is 29.6 Å². The highest BCUT2D eigenvalue weighted by Gasteiger charge is 2.18. The largest absolute Gasteiger partial charge is 0.461 e. The van der Waals surface area contributed by atoms with Crippen molar-refractivity contribution < 1.29 is 14.3 Å². The summed E-state index contributed by atoms with van der Waals surface area (Å²) >= 11 is 0.